The van der Waals surface area contributed by atoms with Gasteiger partial charge in [0.1, 0.15) is 5.75 Å². The van der Waals surface area contributed by atoms with Crippen LogP contribution in [-0.2, 0) is 10.9 Å². The molecule has 0 aromatic heterocycles. The van der Waals surface area contributed by atoms with Crippen molar-refractivity contribution >= 4 is 16.7 Å². The number of hydrogen-bond acceptors (Lipinski definition) is 1. The fourth-order valence-electron chi connectivity index (χ4n) is 2.84. The molecule has 1 nitrogen and oxygen atoms in total. The van der Waals surface area contributed by atoms with Crippen LogP contribution in [0, 0.1) is 0 Å². The van der Waals surface area contributed by atoms with Gasteiger partial charge in [-0.3, -0.25) is 4.79 Å². The van der Waals surface area contributed by atoms with E-state index in [-0.39, 0.29) is 10.9 Å². The van der Waals surface area contributed by atoms with Crippen molar-refractivity contribution in [2.24, 2.45) is 0 Å². The Hall–Kier alpha value is -0.760. The third-order valence-electron chi connectivity index (χ3n) is 4.32. The number of hydrogen-bond donors (Lipinski definition) is 0. The molecule has 0 spiro atoms. The first kappa shape index (κ1) is 20.3. The van der Waals surface area contributed by atoms with Gasteiger partial charge in [0, 0.05) is 5.56 Å². The van der Waals surface area contributed by atoms with Crippen LogP contribution in [0.25, 0.3) is 0 Å². The lowest BCUT2D eigenvalue weighted by Gasteiger charge is -2.04. The standard InChI is InChI=1S/C21H35OS/c1-3-4-5-6-7-8-9-10-11-15-18-23(2)19-21(22)20-16-13-12-14-17-20/h12-14,16-17H,3-11,15,18-19H2,1-2H3/q+1. The monoisotopic (exact) mass is 335 g/mol. The number of carbonyl (C=O) groups excluding carboxylic acids is 1. The van der Waals surface area contributed by atoms with Crippen LogP contribution in [0.5, 0.6) is 0 Å². The Morgan fingerprint density at radius 3 is 1.91 bits per heavy atom. The van der Waals surface area contributed by atoms with Crippen molar-refractivity contribution in [3.63, 3.8) is 0 Å². The summed E-state index contributed by atoms with van der Waals surface area (Å²) in [5.41, 5.74) is 0.870. The second kappa shape index (κ2) is 13.7. The number of rotatable bonds is 14. The van der Waals surface area contributed by atoms with Crippen LogP contribution in [0.1, 0.15) is 81.5 Å². The lowest BCUT2D eigenvalue weighted by Crippen LogP contribution is -2.18. The van der Waals surface area contributed by atoms with Crippen molar-refractivity contribution in [2.75, 3.05) is 17.8 Å². The predicted molar refractivity (Wildman–Crippen MR) is 106 cm³/mol. The van der Waals surface area contributed by atoms with Crippen LogP contribution in [0.15, 0.2) is 30.3 Å². The molecule has 0 fully saturated rings. The largest absolute Gasteiger partial charge is 0.289 e. The van der Waals surface area contributed by atoms with E-state index in [0.717, 1.165) is 11.3 Å². The predicted octanol–water partition coefficient (Wildman–Crippen LogP) is 6.04. The van der Waals surface area contributed by atoms with E-state index in [1.807, 2.05) is 30.3 Å². The lowest BCUT2D eigenvalue weighted by molar-refractivity contribution is 0.102. The lowest BCUT2D eigenvalue weighted by atomic mass is 10.1. The number of carbonyl (C=O) groups is 1. The molecule has 0 saturated carbocycles. The van der Waals surface area contributed by atoms with Crippen molar-refractivity contribution < 1.29 is 4.79 Å². The summed E-state index contributed by atoms with van der Waals surface area (Å²) in [6.45, 7) is 2.27. The quantitative estimate of drug-likeness (QED) is 0.230. The van der Waals surface area contributed by atoms with Gasteiger partial charge in [-0.2, -0.15) is 0 Å². The summed E-state index contributed by atoms with van der Waals surface area (Å²) < 4.78 is 0. The van der Waals surface area contributed by atoms with Crippen LogP contribution in [0.2, 0.25) is 0 Å². The zero-order valence-corrected chi connectivity index (χ0v) is 16.0. The van der Waals surface area contributed by atoms with Crippen molar-refractivity contribution in [3.05, 3.63) is 35.9 Å². The van der Waals surface area contributed by atoms with Crippen LogP contribution < -0.4 is 0 Å². The number of benzene rings is 1. The van der Waals surface area contributed by atoms with Crippen LogP contribution in [0.4, 0.5) is 0 Å². The summed E-state index contributed by atoms with van der Waals surface area (Å²) in [5, 5.41) is 0. The first-order chi connectivity index (χ1) is 11.2. The minimum Gasteiger partial charge on any atom is -0.289 e. The molecule has 130 valence electrons. The van der Waals surface area contributed by atoms with Crippen LogP contribution >= 0.6 is 0 Å². The average Bonchev–Trinajstić information content (AvgIpc) is 2.57. The van der Waals surface area contributed by atoms with E-state index in [1.165, 1.54) is 70.0 Å². The van der Waals surface area contributed by atoms with E-state index >= 15 is 0 Å². The van der Waals surface area contributed by atoms with E-state index in [1.54, 1.807) is 0 Å². The third kappa shape index (κ3) is 10.6. The van der Waals surface area contributed by atoms with E-state index in [2.05, 4.69) is 13.2 Å². The van der Waals surface area contributed by atoms with Gasteiger partial charge in [-0.1, -0.05) is 88.6 Å². The van der Waals surface area contributed by atoms with Crippen LogP contribution in [0.3, 0.4) is 0 Å². The normalized spacial score (nSPS) is 12.3. The summed E-state index contributed by atoms with van der Waals surface area (Å²) in [6, 6.07) is 9.72. The summed E-state index contributed by atoms with van der Waals surface area (Å²) in [5.74, 6) is 2.25. The van der Waals surface area contributed by atoms with Gasteiger partial charge >= 0.3 is 0 Å². The molecular formula is C21H35OS+. The van der Waals surface area contributed by atoms with Crippen molar-refractivity contribution in [1.29, 1.82) is 0 Å². The highest BCUT2D eigenvalue weighted by Gasteiger charge is 2.17. The smallest absolute Gasteiger partial charge is 0.211 e. The van der Waals surface area contributed by atoms with Crippen LogP contribution in [-0.4, -0.2) is 23.5 Å². The highest BCUT2D eigenvalue weighted by Crippen LogP contribution is 2.11. The molecule has 2 heteroatoms. The highest BCUT2D eigenvalue weighted by molar-refractivity contribution is 7.96. The van der Waals surface area contributed by atoms with Crippen molar-refractivity contribution in [1.82, 2.24) is 0 Å². The maximum absolute atomic E-state index is 12.1. The summed E-state index contributed by atoms with van der Waals surface area (Å²) >= 11 is 0. The molecule has 1 aromatic rings. The molecule has 23 heavy (non-hydrogen) atoms. The number of ketones is 1. The third-order valence-corrected chi connectivity index (χ3v) is 6.06. The first-order valence-corrected chi connectivity index (χ1v) is 11.4. The van der Waals surface area contributed by atoms with Gasteiger partial charge < -0.3 is 0 Å². The Bertz CT molecular complexity index is 402. The summed E-state index contributed by atoms with van der Waals surface area (Å²) in [7, 11) is 0.237. The molecule has 1 atom stereocenters. The second-order valence-corrected chi connectivity index (χ2v) is 8.86. The minimum absolute atomic E-state index is 0.237. The molecule has 0 aliphatic carbocycles. The Kier molecular flexibility index (Phi) is 12.0. The van der Waals surface area contributed by atoms with E-state index < -0.39 is 0 Å². The molecule has 0 aliphatic heterocycles. The molecule has 1 rings (SSSR count). The Labute approximate surface area is 146 Å². The maximum Gasteiger partial charge on any atom is 0.211 e. The SMILES string of the molecule is CCCCCCCCCCCC[S+](C)CC(=O)c1ccccc1. The van der Waals surface area contributed by atoms with Gasteiger partial charge in [0.15, 0.2) is 5.75 Å². The molecular weight excluding hydrogens is 300 g/mol. The summed E-state index contributed by atoms with van der Waals surface area (Å²) in [6.07, 6.45) is 16.1. The van der Waals surface area contributed by atoms with Gasteiger partial charge in [-0.15, -0.1) is 0 Å². The topological polar surface area (TPSA) is 17.1 Å². The number of unbranched alkanes of at least 4 members (excludes halogenated alkanes) is 9. The summed E-state index contributed by atoms with van der Waals surface area (Å²) in [4.78, 5) is 12.1. The molecule has 0 radical (unpaired) electrons. The number of Topliss-reactive ketones (excluding diaryl/α,β-unsaturated/α-hetero) is 1. The highest BCUT2D eigenvalue weighted by atomic mass is 32.2. The molecule has 1 unspecified atom stereocenters. The van der Waals surface area contributed by atoms with Gasteiger partial charge in [0.2, 0.25) is 5.78 Å². The van der Waals surface area contributed by atoms with E-state index in [0.29, 0.717) is 5.78 Å². The van der Waals surface area contributed by atoms with Gasteiger partial charge in [-0.25, -0.2) is 0 Å². The molecule has 1 aromatic carbocycles. The second-order valence-electron chi connectivity index (χ2n) is 6.60. The molecule has 0 bridgehead atoms. The van der Waals surface area contributed by atoms with Gasteiger partial charge in [0.25, 0.3) is 0 Å². The zero-order valence-electron chi connectivity index (χ0n) is 15.2. The Morgan fingerprint density at radius 1 is 0.826 bits per heavy atom. The fraction of sp³-hybridized carbons (Fsp3) is 0.667. The molecule has 0 heterocycles. The molecule has 0 aliphatic rings. The minimum atomic E-state index is 0.237. The Morgan fingerprint density at radius 2 is 1.35 bits per heavy atom. The van der Waals surface area contributed by atoms with E-state index in [9.17, 15) is 4.79 Å². The molecule has 0 N–H and O–H groups in total. The molecule has 0 amide bonds. The maximum atomic E-state index is 12.1. The van der Waals surface area contributed by atoms with Crippen molar-refractivity contribution in [2.45, 2.75) is 71.1 Å². The zero-order chi connectivity index (χ0) is 16.8. The average molecular weight is 336 g/mol. The molecule has 0 saturated heterocycles. The van der Waals surface area contributed by atoms with Crippen molar-refractivity contribution in [3.8, 4) is 0 Å². The van der Waals surface area contributed by atoms with E-state index in [4.69, 9.17) is 0 Å². The Balaban J connectivity index is 1.96. The fourth-order valence-corrected chi connectivity index (χ4v) is 4.29. The van der Waals surface area contributed by atoms with Gasteiger partial charge in [-0.05, 0) is 23.7 Å². The van der Waals surface area contributed by atoms with Gasteiger partial charge in [0.05, 0.1) is 6.26 Å². The first-order valence-electron chi connectivity index (χ1n) is 9.41.